The van der Waals surface area contributed by atoms with Crippen LogP contribution in [0.5, 0.6) is 0 Å². The Hall–Kier alpha value is -9.82. The molecule has 75 heavy (non-hydrogen) atoms. The zero-order valence-corrected chi connectivity index (χ0v) is 41.4. The van der Waals surface area contributed by atoms with Gasteiger partial charge in [0.15, 0.2) is 0 Å². The summed E-state index contributed by atoms with van der Waals surface area (Å²) >= 11 is 0. The highest BCUT2D eigenvalue weighted by molar-refractivity contribution is 5.95. The number of fused-ring (bicyclic) bond motifs is 2. The fourth-order valence-corrected chi connectivity index (χ4v) is 10.6. The van der Waals surface area contributed by atoms with E-state index in [9.17, 15) is 0 Å². The first kappa shape index (κ1) is 45.1. The maximum absolute atomic E-state index is 2.36. The highest BCUT2D eigenvalue weighted by Crippen LogP contribution is 2.40. The first-order chi connectivity index (χ1) is 37.1. The molecule has 1 heteroatoms. The van der Waals surface area contributed by atoms with E-state index in [0.29, 0.717) is 0 Å². The predicted octanol–water partition coefficient (Wildman–Crippen LogP) is 20.8. The Balaban J connectivity index is 0.817. The predicted molar refractivity (Wildman–Crippen MR) is 320 cm³/mol. The number of rotatable bonds is 11. The van der Waals surface area contributed by atoms with Crippen LogP contribution in [-0.4, -0.2) is 0 Å². The molecule has 0 saturated heterocycles. The summed E-state index contributed by atoms with van der Waals surface area (Å²) in [6, 6.07) is 113. The largest absolute Gasteiger partial charge is 0.311 e. The third-order valence-electron chi connectivity index (χ3n) is 14.6. The molecule has 0 aliphatic carbocycles. The Morgan fingerprint density at radius 1 is 0.133 bits per heavy atom. The Kier molecular flexibility index (Phi) is 12.0. The third kappa shape index (κ3) is 9.43. The van der Waals surface area contributed by atoms with Crippen molar-refractivity contribution in [3.63, 3.8) is 0 Å². The maximum Gasteiger partial charge on any atom is 0.0462 e. The standard InChI is InChI=1S/C74H51N/c1-4-13-52(14-5-1)60-19-10-21-62(45-60)55-33-39-72(40-34-55)75(73-41-35-56(36-42-73)63-22-12-24-65(47-63)64-23-11-20-61(46-64)53-15-6-2-7-16-53)74-43-37-57(38-44-74)67-30-26-59-28-32-69(51-71(59)49-67)68-31-27-58-25-29-66(48-70(58)50-68)54-17-8-3-9-18-54/h1-51H. The SMILES string of the molecule is c1ccc(-c2cccc(-c3ccc(N(c4ccc(-c5cccc(-c6cccc(-c7ccccc7)c6)c5)cc4)c4ccc(-c5ccc6ccc(-c7ccc8ccc(-c9ccccc9)cc8c7)cc6c5)cc4)cc3)c2)cc1. The minimum absolute atomic E-state index is 1.08. The van der Waals surface area contributed by atoms with Gasteiger partial charge in [-0.3, -0.25) is 0 Å². The van der Waals surface area contributed by atoms with Gasteiger partial charge in [-0.1, -0.05) is 231 Å². The molecule has 13 rings (SSSR count). The number of hydrogen-bond donors (Lipinski definition) is 0. The highest BCUT2D eigenvalue weighted by atomic mass is 15.1. The molecular formula is C74H51N. The van der Waals surface area contributed by atoms with Crippen molar-refractivity contribution in [2.24, 2.45) is 0 Å². The molecule has 0 unspecified atom stereocenters. The minimum atomic E-state index is 1.08. The number of benzene rings is 13. The second kappa shape index (κ2) is 20.0. The molecule has 0 bridgehead atoms. The van der Waals surface area contributed by atoms with Crippen LogP contribution in [0, 0.1) is 0 Å². The number of anilines is 3. The average Bonchev–Trinajstić information content (AvgIpc) is 3.50. The van der Waals surface area contributed by atoms with Crippen LogP contribution in [0.1, 0.15) is 0 Å². The lowest BCUT2D eigenvalue weighted by molar-refractivity contribution is 1.28. The quantitative estimate of drug-likeness (QED) is 0.125. The second-order valence-corrected chi connectivity index (χ2v) is 19.4. The summed E-state index contributed by atoms with van der Waals surface area (Å²) in [6.45, 7) is 0. The molecular weight excluding hydrogens is 903 g/mol. The molecule has 0 aromatic heterocycles. The summed E-state index contributed by atoms with van der Waals surface area (Å²) in [5.41, 5.74) is 22.4. The molecule has 0 fully saturated rings. The van der Waals surface area contributed by atoms with Crippen LogP contribution >= 0.6 is 0 Å². The van der Waals surface area contributed by atoms with Crippen molar-refractivity contribution in [1.82, 2.24) is 0 Å². The topological polar surface area (TPSA) is 3.24 Å². The average molecular weight is 954 g/mol. The van der Waals surface area contributed by atoms with E-state index in [-0.39, 0.29) is 0 Å². The van der Waals surface area contributed by atoms with E-state index in [4.69, 9.17) is 0 Å². The van der Waals surface area contributed by atoms with Gasteiger partial charge in [0.2, 0.25) is 0 Å². The molecule has 0 atom stereocenters. The molecule has 0 N–H and O–H groups in total. The highest BCUT2D eigenvalue weighted by Gasteiger charge is 2.15. The number of hydrogen-bond acceptors (Lipinski definition) is 1. The van der Waals surface area contributed by atoms with Crippen molar-refractivity contribution in [2.45, 2.75) is 0 Å². The van der Waals surface area contributed by atoms with E-state index in [0.717, 1.165) is 17.1 Å². The van der Waals surface area contributed by atoms with E-state index in [2.05, 4.69) is 314 Å². The molecule has 0 amide bonds. The minimum Gasteiger partial charge on any atom is -0.311 e. The smallest absolute Gasteiger partial charge is 0.0462 e. The summed E-state index contributed by atoms with van der Waals surface area (Å²) in [7, 11) is 0. The monoisotopic (exact) mass is 953 g/mol. The van der Waals surface area contributed by atoms with E-state index in [1.54, 1.807) is 0 Å². The van der Waals surface area contributed by atoms with Gasteiger partial charge in [-0.25, -0.2) is 0 Å². The van der Waals surface area contributed by atoms with E-state index < -0.39 is 0 Å². The summed E-state index contributed by atoms with van der Waals surface area (Å²) in [4.78, 5) is 2.36. The molecule has 0 saturated carbocycles. The summed E-state index contributed by atoms with van der Waals surface area (Å²) in [5.74, 6) is 0. The van der Waals surface area contributed by atoms with E-state index >= 15 is 0 Å². The van der Waals surface area contributed by atoms with Gasteiger partial charge in [0, 0.05) is 17.1 Å². The van der Waals surface area contributed by atoms with Gasteiger partial charge in [-0.05, 0) is 189 Å². The van der Waals surface area contributed by atoms with Crippen LogP contribution in [0.3, 0.4) is 0 Å². The zero-order valence-electron chi connectivity index (χ0n) is 41.4. The Morgan fingerprint density at radius 3 is 0.613 bits per heavy atom. The summed E-state index contributed by atoms with van der Waals surface area (Å²) < 4.78 is 0. The van der Waals surface area contributed by atoms with Crippen LogP contribution in [0.25, 0.3) is 111 Å². The van der Waals surface area contributed by atoms with Gasteiger partial charge in [-0.2, -0.15) is 0 Å². The van der Waals surface area contributed by atoms with Crippen molar-refractivity contribution in [3.05, 3.63) is 309 Å². The van der Waals surface area contributed by atoms with Crippen molar-refractivity contribution >= 4 is 38.6 Å². The summed E-state index contributed by atoms with van der Waals surface area (Å²) in [6.07, 6.45) is 0. The lowest BCUT2D eigenvalue weighted by Gasteiger charge is -2.26. The third-order valence-corrected chi connectivity index (χ3v) is 14.6. The van der Waals surface area contributed by atoms with E-state index in [1.165, 1.54) is 111 Å². The molecule has 0 radical (unpaired) electrons. The van der Waals surface area contributed by atoms with Gasteiger partial charge in [-0.15, -0.1) is 0 Å². The molecule has 13 aromatic carbocycles. The van der Waals surface area contributed by atoms with Gasteiger partial charge < -0.3 is 4.90 Å². The zero-order chi connectivity index (χ0) is 49.9. The van der Waals surface area contributed by atoms with Crippen LogP contribution < -0.4 is 4.90 Å². The van der Waals surface area contributed by atoms with Gasteiger partial charge in [0.1, 0.15) is 0 Å². The van der Waals surface area contributed by atoms with Crippen LogP contribution in [-0.2, 0) is 0 Å². The normalized spacial score (nSPS) is 11.2. The Bertz CT molecular complexity index is 4120. The Labute approximate surface area is 439 Å². The van der Waals surface area contributed by atoms with Crippen molar-refractivity contribution < 1.29 is 0 Å². The van der Waals surface area contributed by atoms with E-state index in [1.807, 2.05) is 0 Å². The first-order valence-corrected chi connectivity index (χ1v) is 25.8. The van der Waals surface area contributed by atoms with Crippen molar-refractivity contribution in [3.8, 4) is 89.0 Å². The fourth-order valence-electron chi connectivity index (χ4n) is 10.6. The molecule has 0 aliphatic heterocycles. The molecule has 13 aromatic rings. The lowest BCUT2D eigenvalue weighted by atomic mass is 9.95. The van der Waals surface area contributed by atoms with Crippen LogP contribution in [0.4, 0.5) is 17.1 Å². The van der Waals surface area contributed by atoms with Crippen molar-refractivity contribution in [2.75, 3.05) is 4.90 Å². The van der Waals surface area contributed by atoms with Crippen LogP contribution in [0.15, 0.2) is 309 Å². The molecule has 0 spiro atoms. The number of nitrogens with zero attached hydrogens (tertiary/aromatic N) is 1. The Morgan fingerprint density at radius 2 is 0.333 bits per heavy atom. The van der Waals surface area contributed by atoms with Gasteiger partial charge in [0.05, 0.1) is 0 Å². The van der Waals surface area contributed by atoms with Crippen LogP contribution in [0.2, 0.25) is 0 Å². The molecule has 1 nitrogen and oxygen atoms in total. The first-order valence-electron chi connectivity index (χ1n) is 25.8. The maximum atomic E-state index is 2.36. The molecule has 0 heterocycles. The molecule has 352 valence electrons. The van der Waals surface area contributed by atoms with Crippen molar-refractivity contribution in [1.29, 1.82) is 0 Å². The van der Waals surface area contributed by atoms with Gasteiger partial charge in [0.25, 0.3) is 0 Å². The van der Waals surface area contributed by atoms with Gasteiger partial charge >= 0.3 is 0 Å². The lowest BCUT2D eigenvalue weighted by Crippen LogP contribution is -2.09. The molecule has 0 aliphatic rings. The second-order valence-electron chi connectivity index (χ2n) is 19.4. The summed E-state index contributed by atoms with van der Waals surface area (Å²) in [5, 5.41) is 4.92. The fraction of sp³-hybridized carbons (Fsp3) is 0.